The molecule has 6 rings (SSSR count). The summed E-state index contributed by atoms with van der Waals surface area (Å²) in [7, 11) is 2.00. The molecule has 2 aliphatic rings. The minimum Gasteiger partial charge on any atom is -0.444 e. The SMILES string of the molecule is Cn1cc2cc(-c3cn4cc(C5CCN(C(=O)OC(C)(C)C)CC5)nc4s3)cc(C3CC3)c2n1. The van der Waals surface area contributed by atoms with Gasteiger partial charge in [-0.1, -0.05) is 11.3 Å². The maximum Gasteiger partial charge on any atom is 0.410 e. The molecule has 3 aromatic heterocycles. The van der Waals surface area contributed by atoms with Gasteiger partial charge in [-0.3, -0.25) is 9.08 Å². The minimum absolute atomic E-state index is 0.211. The van der Waals surface area contributed by atoms with Crippen LogP contribution < -0.4 is 0 Å². The van der Waals surface area contributed by atoms with Gasteiger partial charge in [0.1, 0.15) is 5.60 Å². The number of nitrogens with zero attached hydrogens (tertiary/aromatic N) is 5. The molecule has 34 heavy (non-hydrogen) atoms. The maximum atomic E-state index is 12.4. The largest absolute Gasteiger partial charge is 0.444 e. The molecule has 0 N–H and O–H groups in total. The van der Waals surface area contributed by atoms with E-state index in [9.17, 15) is 4.79 Å². The van der Waals surface area contributed by atoms with E-state index < -0.39 is 5.60 Å². The topological polar surface area (TPSA) is 64.7 Å². The third-order valence-electron chi connectivity index (χ3n) is 6.79. The summed E-state index contributed by atoms with van der Waals surface area (Å²) in [4.78, 5) is 21.4. The third-order valence-corrected chi connectivity index (χ3v) is 7.84. The van der Waals surface area contributed by atoms with Gasteiger partial charge >= 0.3 is 6.09 Å². The number of piperidine rings is 1. The quantitative estimate of drug-likeness (QED) is 0.366. The summed E-state index contributed by atoms with van der Waals surface area (Å²) in [5, 5.41) is 5.92. The molecule has 7 nitrogen and oxygen atoms in total. The van der Waals surface area contributed by atoms with Crippen molar-refractivity contribution in [3.05, 3.63) is 42.0 Å². The number of amides is 1. The van der Waals surface area contributed by atoms with Gasteiger partial charge in [0.2, 0.25) is 0 Å². The van der Waals surface area contributed by atoms with Crippen molar-refractivity contribution in [2.24, 2.45) is 7.05 Å². The van der Waals surface area contributed by atoms with Crippen molar-refractivity contribution in [3.63, 3.8) is 0 Å². The fourth-order valence-electron chi connectivity index (χ4n) is 4.96. The Labute approximate surface area is 203 Å². The van der Waals surface area contributed by atoms with Crippen LogP contribution in [0.2, 0.25) is 0 Å². The van der Waals surface area contributed by atoms with Crippen molar-refractivity contribution in [2.75, 3.05) is 13.1 Å². The summed E-state index contributed by atoms with van der Waals surface area (Å²) in [6.07, 6.45) is 10.6. The van der Waals surface area contributed by atoms with E-state index in [1.54, 1.807) is 11.3 Å². The number of benzene rings is 1. The highest BCUT2D eigenvalue weighted by Crippen LogP contribution is 2.45. The number of carbonyl (C=O) groups excluding carboxylic acids is 1. The molecule has 1 amide bonds. The summed E-state index contributed by atoms with van der Waals surface area (Å²) in [6.45, 7) is 7.15. The van der Waals surface area contributed by atoms with E-state index in [1.807, 2.05) is 37.4 Å². The predicted octanol–water partition coefficient (Wildman–Crippen LogP) is 5.94. The van der Waals surface area contributed by atoms with Crippen LogP contribution in [0.4, 0.5) is 4.79 Å². The Hall–Kier alpha value is -2.87. The first-order valence-corrected chi connectivity index (χ1v) is 13.0. The molecule has 0 bridgehead atoms. The number of hydrogen-bond acceptors (Lipinski definition) is 5. The standard InChI is InChI=1S/C26H31N5O2S/c1-26(2,3)33-25(32)30-9-7-17(8-10-30)21-14-31-15-22(34-24(31)27-21)18-11-19-13-29(4)28-23(19)20(12-18)16-5-6-16/h11-17H,5-10H2,1-4H3. The molecule has 1 aromatic carbocycles. The van der Waals surface area contributed by atoms with Gasteiger partial charge in [0.15, 0.2) is 4.96 Å². The maximum absolute atomic E-state index is 12.4. The summed E-state index contributed by atoms with van der Waals surface area (Å²) in [6, 6.07) is 4.60. The Kier molecular flexibility index (Phi) is 4.99. The van der Waals surface area contributed by atoms with Crippen LogP contribution in [-0.2, 0) is 11.8 Å². The highest BCUT2D eigenvalue weighted by molar-refractivity contribution is 7.20. The molecule has 4 aromatic rings. The normalized spacial score (nSPS) is 17.7. The Morgan fingerprint density at radius 2 is 1.82 bits per heavy atom. The summed E-state index contributed by atoms with van der Waals surface area (Å²) >= 11 is 1.74. The number of likely N-dealkylation sites (tertiary alicyclic amines) is 1. The van der Waals surface area contributed by atoms with E-state index in [-0.39, 0.29) is 6.09 Å². The molecule has 1 saturated carbocycles. The summed E-state index contributed by atoms with van der Waals surface area (Å²) < 4.78 is 9.61. The van der Waals surface area contributed by atoms with Crippen molar-refractivity contribution >= 4 is 33.3 Å². The smallest absolute Gasteiger partial charge is 0.410 e. The molecule has 0 atom stereocenters. The number of imidazole rings is 1. The lowest BCUT2D eigenvalue weighted by Crippen LogP contribution is -2.41. The monoisotopic (exact) mass is 477 g/mol. The van der Waals surface area contributed by atoms with Crippen molar-refractivity contribution in [1.29, 1.82) is 0 Å². The van der Waals surface area contributed by atoms with Crippen molar-refractivity contribution in [1.82, 2.24) is 24.1 Å². The van der Waals surface area contributed by atoms with E-state index in [0.717, 1.165) is 29.0 Å². The number of ether oxygens (including phenoxy) is 1. The molecule has 178 valence electrons. The number of carbonyl (C=O) groups is 1. The second kappa shape index (κ2) is 7.83. The van der Waals surface area contributed by atoms with Crippen LogP contribution >= 0.6 is 11.3 Å². The number of fused-ring (bicyclic) bond motifs is 2. The van der Waals surface area contributed by atoms with Crippen molar-refractivity contribution < 1.29 is 9.53 Å². The molecule has 0 spiro atoms. The third kappa shape index (κ3) is 4.08. The average molecular weight is 478 g/mol. The molecule has 0 radical (unpaired) electrons. The van der Waals surface area contributed by atoms with Gasteiger partial charge in [0.05, 0.1) is 16.1 Å². The minimum atomic E-state index is -0.457. The lowest BCUT2D eigenvalue weighted by molar-refractivity contribution is 0.0204. The highest BCUT2D eigenvalue weighted by atomic mass is 32.1. The lowest BCUT2D eigenvalue weighted by Gasteiger charge is -2.32. The number of aromatic nitrogens is 4. The first kappa shape index (κ1) is 21.6. The Morgan fingerprint density at radius 1 is 1.06 bits per heavy atom. The van der Waals surface area contributed by atoms with Gasteiger partial charge in [-0.05, 0) is 75.6 Å². The highest BCUT2D eigenvalue weighted by Gasteiger charge is 2.29. The number of aryl methyl sites for hydroxylation is 1. The van der Waals surface area contributed by atoms with Gasteiger partial charge in [0.25, 0.3) is 0 Å². The van der Waals surface area contributed by atoms with Crippen LogP contribution in [0.15, 0.2) is 30.7 Å². The number of hydrogen-bond donors (Lipinski definition) is 0. The molecule has 1 aliphatic carbocycles. The molecule has 4 heterocycles. The molecular weight excluding hydrogens is 446 g/mol. The van der Waals surface area contributed by atoms with E-state index in [1.165, 1.54) is 34.2 Å². The number of rotatable bonds is 3. The van der Waals surface area contributed by atoms with E-state index in [4.69, 9.17) is 14.8 Å². The average Bonchev–Trinajstić information content (AvgIpc) is 3.25. The first-order valence-electron chi connectivity index (χ1n) is 12.2. The zero-order valence-electron chi connectivity index (χ0n) is 20.2. The van der Waals surface area contributed by atoms with E-state index in [2.05, 4.69) is 35.1 Å². The van der Waals surface area contributed by atoms with Crippen LogP contribution in [0.5, 0.6) is 0 Å². The fourth-order valence-corrected chi connectivity index (χ4v) is 5.92. The molecule has 2 fully saturated rings. The van der Waals surface area contributed by atoms with Gasteiger partial charge < -0.3 is 9.64 Å². The second-order valence-electron chi connectivity index (χ2n) is 10.8. The van der Waals surface area contributed by atoms with Crippen LogP contribution in [0, 0.1) is 0 Å². The van der Waals surface area contributed by atoms with Gasteiger partial charge in [-0.2, -0.15) is 5.10 Å². The van der Waals surface area contributed by atoms with E-state index >= 15 is 0 Å². The number of thiazole rings is 1. The molecule has 0 unspecified atom stereocenters. The zero-order chi connectivity index (χ0) is 23.6. The van der Waals surface area contributed by atoms with Crippen LogP contribution in [-0.4, -0.2) is 48.8 Å². The summed E-state index contributed by atoms with van der Waals surface area (Å²) in [5.41, 5.74) is 4.46. The van der Waals surface area contributed by atoms with Crippen molar-refractivity contribution in [3.8, 4) is 10.4 Å². The molecule has 1 aliphatic heterocycles. The fraction of sp³-hybridized carbons (Fsp3) is 0.500. The van der Waals surface area contributed by atoms with Gasteiger partial charge in [-0.15, -0.1) is 0 Å². The Balaban J connectivity index is 1.20. The molecule has 8 heteroatoms. The lowest BCUT2D eigenvalue weighted by atomic mass is 9.94. The Morgan fingerprint density at radius 3 is 2.50 bits per heavy atom. The van der Waals surface area contributed by atoms with Crippen LogP contribution in [0.1, 0.15) is 69.5 Å². The van der Waals surface area contributed by atoms with Crippen LogP contribution in [0.3, 0.4) is 0 Å². The molecular formula is C26H31N5O2S. The summed E-state index contributed by atoms with van der Waals surface area (Å²) in [5.74, 6) is 1.03. The van der Waals surface area contributed by atoms with Crippen LogP contribution in [0.25, 0.3) is 26.3 Å². The van der Waals surface area contributed by atoms with Crippen molar-refractivity contribution in [2.45, 2.75) is 63.9 Å². The zero-order valence-corrected chi connectivity index (χ0v) is 21.1. The van der Waals surface area contributed by atoms with Gasteiger partial charge in [-0.25, -0.2) is 9.78 Å². The molecule has 1 saturated heterocycles. The predicted molar refractivity (Wildman–Crippen MR) is 135 cm³/mol. The first-order chi connectivity index (χ1) is 16.2. The Bertz CT molecular complexity index is 1350. The second-order valence-corrected chi connectivity index (χ2v) is 11.8. The van der Waals surface area contributed by atoms with E-state index in [0.29, 0.717) is 24.9 Å². The van der Waals surface area contributed by atoms with Gasteiger partial charge in [0, 0.05) is 50.0 Å².